The summed E-state index contributed by atoms with van der Waals surface area (Å²) < 4.78 is 26.8. The van der Waals surface area contributed by atoms with E-state index in [2.05, 4.69) is 15.4 Å². The molecule has 0 aliphatic rings. The van der Waals surface area contributed by atoms with Gasteiger partial charge in [-0.1, -0.05) is 62.4 Å². The molecule has 0 unspecified atom stereocenters. The van der Waals surface area contributed by atoms with Gasteiger partial charge < -0.3 is 4.90 Å². The molecule has 0 amide bonds. The lowest BCUT2D eigenvalue weighted by Crippen LogP contribution is -2.30. The van der Waals surface area contributed by atoms with E-state index >= 15 is 0 Å². The van der Waals surface area contributed by atoms with Crippen molar-refractivity contribution in [1.82, 2.24) is 4.31 Å². The van der Waals surface area contributed by atoms with Crippen LogP contribution in [0.25, 0.3) is 0 Å². The summed E-state index contributed by atoms with van der Waals surface area (Å²) in [6, 6.07) is 31.5. The van der Waals surface area contributed by atoms with E-state index in [0.717, 1.165) is 28.7 Å². The Morgan fingerprint density at radius 3 is 1.87 bits per heavy atom. The summed E-state index contributed by atoms with van der Waals surface area (Å²) in [5.41, 5.74) is 6.16. The van der Waals surface area contributed by atoms with Gasteiger partial charge in [0.25, 0.3) is 5.69 Å². The molecule has 0 bridgehead atoms. The van der Waals surface area contributed by atoms with Crippen molar-refractivity contribution in [2.24, 2.45) is 5.10 Å². The molecule has 200 valence electrons. The zero-order valence-electron chi connectivity index (χ0n) is 21.6. The van der Waals surface area contributed by atoms with Crippen LogP contribution in [-0.2, 0) is 10.0 Å². The summed E-state index contributed by atoms with van der Waals surface area (Å²) in [5, 5.41) is 15.8. The number of nitro groups is 1. The van der Waals surface area contributed by atoms with E-state index in [-0.39, 0.29) is 29.4 Å². The summed E-state index contributed by atoms with van der Waals surface area (Å²) in [6.07, 6.45) is 1.55. The molecule has 0 aliphatic carbocycles. The van der Waals surface area contributed by atoms with Crippen LogP contribution in [0.3, 0.4) is 0 Å². The highest BCUT2D eigenvalue weighted by Gasteiger charge is 2.25. The predicted molar refractivity (Wildman–Crippen MR) is 156 cm³/mol. The molecule has 0 heterocycles. The number of rotatable bonds is 11. The number of anilines is 4. The number of para-hydroxylation sites is 2. The first-order valence-corrected chi connectivity index (χ1v) is 13.9. The average molecular weight is 544 g/mol. The molecule has 0 saturated heterocycles. The third kappa shape index (κ3) is 6.31. The Hall–Kier alpha value is -4.54. The Balaban J connectivity index is 1.55. The molecule has 1 N–H and O–H groups in total. The second-order valence-electron chi connectivity index (χ2n) is 8.49. The van der Waals surface area contributed by atoms with E-state index in [9.17, 15) is 18.5 Å². The minimum Gasteiger partial charge on any atom is -0.311 e. The van der Waals surface area contributed by atoms with E-state index in [1.54, 1.807) is 20.1 Å². The van der Waals surface area contributed by atoms with Crippen molar-refractivity contribution < 1.29 is 13.3 Å². The molecule has 0 fully saturated rings. The van der Waals surface area contributed by atoms with Gasteiger partial charge >= 0.3 is 0 Å². The Morgan fingerprint density at radius 1 is 0.821 bits per heavy atom. The van der Waals surface area contributed by atoms with Crippen molar-refractivity contribution in [1.29, 1.82) is 0 Å². The Bertz CT molecular complexity index is 1500. The van der Waals surface area contributed by atoms with Gasteiger partial charge in [0.05, 0.1) is 16.0 Å². The summed E-state index contributed by atoms with van der Waals surface area (Å²) in [5.74, 6) is 0. The van der Waals surface area contributed by atoms with Crippen LogP contribution in [0.1, 0.15) is 19.4 Å². The zero-order chi connectivity index (χ0) is 27.8. The maximum Gasteiger partial charge on any atom is 0.295 e. The van der Waals surface area contributed by atoms with E-state index in [4.69, 9.17) is 0 Å². The molecule has 4 aromatic rings. The molecule has 0 atom stereocenters. The van der Waals surface area contributed by atoms with Crippen LogP contribution in [0.2, 0.25) is 0 Å². The van der Waals surface area contributed by atoms with Crippen LogP contribution in [0.5, 0.6) is 0 Å². The van der Waals surface area contributed by atoms with Crippen molar-refractivity contribution in [2.75, 3.05) is 23.4 Å². The molecule has 0 saturated carbocycles. The smallest absolute Gasteiger partial charge is 0.295 e. The van der Waals surface area contributed by atoms with Crippen LogP contribution >= 0.6 is 0 Å². The van der Waals surface area contributed by atoms with Crippen LogP contribution in [-0.4, -0.2) is 37.0 Å². The number of nitro benzene ring substituents is 1. The minimum absolute atomic E-state index is 0.0886. The maximum atomic E-state index is 12.8. The second kappa shape index (κ2) is 12.3. The van der Waals surface area contributed by atoms with Gasteiger partial charge in [-0.15, -0.1) is 0 Å². The van der Waals surface area contributed by atoms with Crippen LogP contribution in [0.4, 0.5) is 28.4 Å². The van der Waals surface area contributed by atoms with Crippen molar-refractivity contribution in [3.8, 4) is 0 Å². The SMILES string of the molecule is CCN(CC)S(=O)(=O)c1ccc(N/N=C\c2ccc(N(c3ccccc3)c3ccccc3)cc2)c([N+](=O)[O-])c1. The number of hydrogen-bond donors (Lipinski definition) is 1. The minimum atomic E-state index is -3.83. The van der Waals surface area contributed by atoms with Crippen molar-refractivity contribution in [2.45, 2.75) is 18.7 Å². The fourth-order valence-electron chi connectivity index (χ4n) is 4.12. The molecule has 39 heavy (non-hydrogen) atoms. The molecule has 0 spiro atoms. The van der Waals surface area contributed by atoms with Gasteiger partial charge in [0.2, 0.25) is 10.0 Å². The fourth-order valence-corrected chi connectivity index (χ4v) is 5.60. The normalized spacial score (nSPS) is 11.6. The van der Waals surface area contributed by atoms with Gasteiger partial charge in [0.1, 0.15) is 5.69 Å². The quantitative estimate of drug-likeness (QED) is 0.131. The molecule has 0 aliphatic heterocycles. The van der Waals surface area contributed by atoms with Crippen LogP contribution < -0.4 is 10.3 Å². The highest BCUT2D eigenvalue weighted by molar-refractivity contribution is 7.89. The summed E-state index contributed by atoms with van der Waals surface area (Å²) in [6.45, 7) is 3.97. The third-order valence-corrected chi connectivity index (χ3v) is 8.13. The lowest BCUT2D eigenvalue weighted by molar-refractivity contribution is -0.384. The van der Waals surface area contributed by atoms with E-state index in [1.165, 1.54) is 16.4 Å². The molecule has 0 radical (unpaired) electrons. The van der Waals surface area contributed by atoms with Gasteiger partial charge in [-0.25, -0.2) is 8.42 Å². The largest absolute Gasteiger partial charge is 0.311 e. The molecule has 4 rings (SSSR count). The summed E-state index contributed by atoms with van der Waals surface area (Å²) in [7, 11) is -3.83. The van der Waals surface area contributed by atoms with Crippen molar-refractivity contribution in [3.63, 3.8) is 0 Å². The van der Waals surface area contributed by atoms with Gasteiger partial charge in [0, 0.05) is 36.2 Å². The second-order valence-corrected chi connectivity index (χ2v) is 10.4. The van der Waals surface area contributed by atoms with Gasteiger partial charge in [0.15, 0.2) is 0 Å². The highest BCUT2D eigenvalue weighted by Crippen LogP contribution is 2.34. The lowest BCUT2D eigenvalue weighted by Gasteiger charge is -2.25. The molecule has 0 aromatic heterocycles. The first-order chi connectivity index (χ1) is 18.8. The Morgan fingerprint density at radius 2 is 1.36 bits per heavy atom. The fraction of sp³-hybridized carbons (Fsp3) is 0.138. The predicted octanol–water partition coefficient (Wildman–Crippen LogP) is 6.54. The Labute approximate surface area is 228 Å². The van der Waals surface area contributed by atoms with Crippen molar-refractivity contribution in [3.05, 3.63) is 119 Å². The lowest BCUT2D eigenvalue weighted by atomic mass is 10.1. The number of hydrazone groups is 1. The number of hydrogen-bond acceptors (Lipinski definition) is 7. The van der Waals surface area contributed by atoms with Gasteiger partial charge in [-0.05, 0) is 54.1 Å². The monoisotopic (exact) mass is 543 g/mol. The standard InChI is InChI=1S/C29H29N5O4S/c1-3-32(4-2)39(37,38)27-19-20-28(29(21-27)34(35)36)31-30-22-23-15-17-26(18-16-23)33(24-11-7-5-8-12-24)25-13-9-6-10-14-25/h5-22,31H,3-4H2,1-2H3/b30-22-. The molecule has 9 nitrogen and oxygen atoms in total. The Kier molecular flexibility index (Phi) is 8.70. The summed E-state index contributed by atoms with van der Waals surface area (Å²) >= 11 is 0. The number of nitrogens with zero attached hydrogens (tertiary/aromatic N) is 4. The van der Waals surface area contributed by atoms with Crippen LogP contribution in [0, 0.1) is 10.1 Å². The topological polar surface area (TPSA) is 108 Å². The first-order valence-electron chi connectivity index (χ1n) is 12.4. The number of nitrogens with one attached hydrogen (secondary N) is 1. The molecular formula is C29H29N5O4S. The highest BCUT2D eigenvalue weighted by atomic mass is 32.2. The molecule has 10 heteroatoms. The molecule has 4 aromatic carbocycles. The van der Waals surface area contributed by atoms with Crippen molar-refractivity contribution >= 4 is 44.7 Å². The molecular weight excluding hydrogens is 514 g/mol. The van der Waals surface area contributed by atoms with E-state index in [0.29, 0.717) is 0 Å². The third-order valence-electron chi connectivity index (χ3n) is 6.09. The van der Waals surface area contributed by atoms with E-state index in [1.807, 2.05) is 84.9 Å². The number of benzene rings is 4. The van der Waals surface area contributed by atoms with E-state index < -0.39 is 14.9 Å². The first kappa shape index (κ1) is 27.5. The van der Waals surface area contributed by atoms with Gasteiger partial charge in [-0.3, -0.25) is 15.5 Å². The number of sulfonamides is 1. The van der Waals surface area contributed by atoms with Gasteiger partial charge in [-0.2, -0.15) is 9.41 Å². The zero-order valence-corrected chi connectivity index (χ0v) is 22.5. The van der Waals surface area contributed by atoms with Crippen LogP contribution in [0.15, 0.2) is 113 Å². The maximum absolute atomic E-state index is 12.8. The summed E-state index contributed by atoms with van der Waals surface area (Å²) in [4.78, 5) is 13.0. The average Bonchev–Trinajstić information content (AvgIpc) is 2.95.